The van der Waals surface area contributed by atoms with Gasteiger partial charge in [0.2, 0.25) is 0 Å². The normalized spacial score (nSPS) is 10.4. The highest BCUT2D eigenvalue weighted by atomic mass is 19.1. The number of carbonyl (C=O) groups excluding carboxylic acids is 1. The van der Waals surface area contributed by atoms with E-state index in [-0.39, 0.29) is 18.1 Å². The lowest BCUT2D eigenvalue weighted by molar-refractivity contribution is 0.0945. The topological polar surface area (TPSA) is 84.1 Å². The van der Waals surface area contributed by atoms with E-state index >= 15 is 0 Å². The molecule has 0 aliphatic heterocycles. The van der Waals surface area contributed by atoms with Crippen LogP contribution in [0.3, 0.4) is 0 Å². The number of ether oxygens (including phenoxy) is 1. The Balaban J connectivity index is 1.78. The van der Waals surface area contributed by atoms with Gasteiger partial charge in [0, 0.05) is 12.1 Å². The van der Waals surface area contributed by atoms with Crippen molar-refractivity contribution < 1.29 is 13.9 Å². The molecule has 2 N–H and O–H groups in total. The molecule has 26 heavy (non-hydrogen) atoms. The van der Waals surface area contributed by atoms with E-state index < -0.39 is 11.6 Å². The van der Waals surface area contributed by atoms with Gasteiger partial charge >= 0.3 is 5.69 Å². The first-order valence-electron chi connectivity index (χ1n) is 7.83. The van der Waals surface area contributed by atoms with Gasteiger partial charge in [0.1, 0.15) is 17.3 Å². The summed E-state index contributed by atoms with van der Waals surface area (Å²) in [6.07, 6.45) is 0. The maximum absolute atomic E-state index is 12.9. The van der Waals surface area contributed by atoms with Crippen molar-refractivity contribution in [2.75, 3.05) is 7.11 Å². The molecule has 6 nitrogen and oxygen atoms in total. The lowest BCUT2D eigenvalue weighted by Crippen LogP contribution is -2.27. The van der Waals surface area contributed by atoms with Crippen molar-refractivity contribution in [2.45, 2.75) is 6.54 Å². The zero-order valence-corrected chi connectivity index (χ0v) is 14.0. The minimum atomic E-state index is -0.620. The predicted molar refractivity (Wildman–Crippen MR) is 94.4 cm³/mol. The van der Waals surface area contributed by atoms with Crippen LogP contribution in [-0.4, -0.2) is 23.0 Å². The third-order valence-corrected chi connectivity index (χ3v) is 3.74. The molecule has 0 radical (unpaired) electrons. The summed E-state index contributed by atoms with van der Waals surface area (Å²) >= 11 is 0. The molecule has 0 unspecified atom stereocenters. The number of benzene rings is 2. The smallest absolute Gasteiger partial charge is 0.346 e. The first-order chi connectivity index (χ1) is 12.5. The van der Waals surface area contributed by atoms with Gasteiger partial charge in [-0.15, -0.1) is 0 Å². The summed E-state index contributed by atoms with van der Waals surface area (Å²) in [7, 11) is 1.56. The summed E-state index contributed by atoms with van der Waals surface area (Å²) in [6.45, 7) is 0.210. The second-order valence-corrected chi connectivity index (χ2v) is 5.52. The van der Waals surface area contributed by atoms with Crippen LogP contribution in [-0.2, 0) is 6.54 Å². The van der Waals surface area contributed by atoms with Crippen LogP contribution in [0.2, 0.25) is 0 Å². The number of halogens is 1. The van der Waals surface area contributed by atoms with Gasteiger partial charge in [-0.2, -0.15) is 4.98 Å². The number of rotatable bonds is 5. The predicted octanol–water partition coefficient (Wildman–Crippen LogP) is 2.51. The SMILES string of the molecule is COc1ccc(-c2cc(C(=O)NCc3ccc(F)cc3)[nH]c(=O)n2)cc1. The lowest BCUT2D eigenvalue weighted by Gasteiger charge is -2.07. The molecule has 0 atom stereocenters. The Bertz CT molecular complexity index is 967. The van der Waals surface area contributed by atoms with E-state index in [1.54, 1.807) is 43.5 Å². The lowest BCUT2D eigenvalue weighted by atomic mass is 10.1. The third-order valence-electron chi connectivity index (χ3n) is 3.74. The van der Waals surface area contributed by atoms with Crippen molar-refractivity contribution in [2.24, 2.45) is 0 Å². The van der Waals surface area contributed by atoms with Crippen molar-refractivity contribution in [1.82, 2.24) is 15.3 Å². The first-order valence-corrected chi connectivity index (χ1v) is 7.83. The first kappa shape index (κ1) is 17.3. The second-order valence-electron chi connectivity index (χ2n) is 5.52. The molecule has 0 saturated heterocycles. The summed E-state index contributed by atoms with van der Waals surface area (Å²) < 4.78 is 18.0. The number of H-pyrrole nitrogens is 1. The van der Waals surface area contributed by atoms with Gasteiger partial charge in [-0.25, -0.2) is 9.18 Å². The molecule has 0 saturated carbocycles. The number of aromatic nitrogens is 2. The molecule has 3 rings (SSSR count). The average Bonchev–Trinajstić information content (AvgIpc) is 2.67. The van der Waals surface area contributed by atoms with Crippen molar-refractivity contribution in [1.29, 1.82) is 0 Å². The number of hydrogen-bond donors (Lipinski definition) is 2. The van der Waals surface area contributed by atoms with E-state index in [2.05, 4.69) is 15.3 Å². The van der Waals surface area contributed by atoms with Gasteiger partial charge in [0.25, 0.3) is 5.91 Å². The van der Waals surface area contributed by atoms with Crippen molar-refractivity contribution >= 4 is 5.91 Å². The Hall–Kier alpha value is -3.48. The monoisotopic (exact) mass is 353 g/mol. The van der Waals surface area contributed by atoms with Crippen LogP contribution in [0.1, 0.15) is 16.1 Å². The van der Waals surface area contributed by atoms with Gasteiger partial charge in [-0.3, -0.25) is 4.79 Å². The van der Waals surface area contributed by atoms with Gasteiger partial charge in [0.05, 0.1) is 12.8 Å². The quantitative estimate of drug-likeness (QED) is 0.738. The van der Waals surface area contributed by atoms with Crippen LogP contribution < -0.4 is 15.7 Å². The molecule has 1 amide bonds. The van der Waals surface area contributed by atoms with E-state index in [0.29, 0.717) is 17.0 Å². The van der Waals surface area contributed by atoms with E-state index in [1.165, 1.54) is 18.2 Å². The molecule has 3 aromatic rings. The van der Waals surface area contributed by atoms with Gasteiger partial charge < -0.3 is 15.0 Å². The molecule has 132 valence electrons. The number of methoxy groups -OCH3 is 1. The largest absolute Gasteiger partial charge is 0.497 e. The molecular formula is C19H16FN3O3. The number of carbonyl (C=O) groups is 1. The Morgan fingerprint density at radius 2 is 1.85 bits per heavy atom. The number of hydrogen-bond acceptors (Lipinski definition) is 4. The fourth-order valence-electron chi connectivity index (χ4n) is 2.37. The zero-order chi connectivity index (χ0) is 18.5. The van der Waals surface area contributed by atoms with E-state index in [4.69, 9.17) is 4.74 Å². The molecular weight excluding hydrogens is 337 g/mol. The fourth-order valence-corrected chi connectivity index (χ4v) is 2.37. The van der Waals surface area contributed by atoms with E-state index in [0.717, 1.165) is 5.56 Å². The van der Waals surface area contributed by atoms with E-state index in [1.807, 2.05) is 0 Å². The summed E-state index contributed by atoms with van der Waals surface area (Å²) in [5.74, 6) is -0.123. The molecule has 0 bridgehead atoms. The molecule has 2 aromatic carbocycles. The van der Waals surface area contributed by atoms with Crippen LogP contribution in [0.25, 0.3) is 11.3 Å². The highest BCUT2D eigenvalue weighted by Gasteiger charge is 2.11. The number of nitrogens with one attached hydrogen (secondary N) is 2. The molecule has 0 spiro atoms. The van der Waals surface area contributed by atoms with Crippen LogP contribution in [0.5, 0.6) is 5.75 Å². The molecule has 0 fully saturated rings. The van der Waals surface area contributed by atoms with Crippen LogP contribution in [0.4, 0.5) is 4.39 Å². The Morgan fingerprint density at radius 3 is 2.50 bits per heavy atom. The van der Waals surface area contributed by atoms with Crippen LogP contribution >= 0.6 is 0 Å². The maximum atomic E-state index is 12.9. The molecule has 0 aliphatic carbocycles. The Kier molecular flexibility index (Phi) is 5.07. The number of nitrogens with zero attached hydrogens (tertiary/aromatic N) is 1. The minimum absolute atomic E-state index is 0.0953. The summed E-state index contributed by atoms with van der Waals surface area (Å²) in [5.41, 5.74) is 1.28. The number of amides is 1. The van der Waals surface area contributed by atoms with Crippen molar-refractivity contribution in [3.05, 3.63) is 82.2 Å². The summed E-state index contributed by atoms with van der Waals surface area (Å²) in [5, 5.41) is 2.68. The Morgan fingerprint density at radius 1 is 1.15 bits per heavy atom. The summed E-state index contributed by atoms with van der Waals surface area (Å²) in [4.78, 5) is 30.4. The zero-order valence-electron chi connectivity index (χ0n) is 14.0. The highest BCUT2D eigenvalue weighted by molar-refractivity contribution is 5.93. The maximum Gasteiger partial charge on any atom is 0.346 e. The van der Waals surface area contributed by atoms with Crippen LogP contribution in [0, 0.1) is 5.82 Å². The van der Waals surface area contributed by atoms with Crippen LogP contribution in [0.15, 0.2) is 59.4 Å². The fraction of sp³-hybridized carbons (Fsp3) is 0.105. The minimum Gasteiger partial charge on any atom is -0.497 e. The molecule has 7 heteroatoms. The van der Waals surface area contributed by atoms with Gasteiger partial charge in [-0.05, 0) is 48.0 Å². The van der Waals surface area contributed by atoms with Crippen molar-refractivity contribution in [3.8, 4) is 17.0 Å². The van der Waals surface area contributed by atoms with Gasteiger partial charge in [-0.1, -0.05) is 12.1 Å². The third kappa shape index (κ3) is 4.13. The molecule has 0 aliphatic rings. The molecule has 1 heterocycles. The second kappa shape index (κ2) is 7.60. The number of aromatic amines is 1. The Labute approximate surface area is 148 Å². The average molecular weight is 353 g/mol. The summed E-state index contributed by atoms with van der Waals surface area (Å²) in [6, 6.07) is 14.3. The molecule has 1 aromatic heterocycles. The highest BCUT2D eigenvalue weighted by Crippen LogP contribution is 2.20. The van der Waals surface area contributed by atoms with Crippen molar-refractivity contribution in [3.63, 3.8) is 0 Å². The standard InChI is InChI=1S/C19H16FN3O3/c1-26-15-8-4-13(5-9-15)16-10-17(23-19(25)22-16)18(24)21-11-12-2-6-14(20)7-3-12/h2-10H,11H2,1H3,(H,21,24)(H,22,23,25). The van der Waals surface area contributed by atoms with Gasteiger partial charge in [0.15, 0.2) is 0 Å². The van der Waals surface area contributed by atoms with E-state index in [9.17, 15) is 14.0 Å².